The molecule has 2 aromatic rings. The van der Waals surface area contributed by atoms with Gasteiger partial charge in [0.05, 0.1) is 18.1 Å². The number of anilines is 1. The predicted molar refractivity (Wildman–Crippen MR) is 117 cm³/mol. The number of carbonyl (C=O) groups excluding carboxylic acids is 1. The molecule has 0 amide bonds. The molecule has 2 aromatic carbocycles. The Balaban J connectivity index is 1.95. The third-order valence-electron chi connectivity index (χ3n) is 6.43. The number of fused-ring (bicyclic) bond motifs is 2. The molecule has 0 unspecified atom stereocenters. The van der Waals surface area contributed by atoms with Crippen molar-refractivity contribution in [3.63, 3.8) is 0 Å². The van der Waals surface area contributed by atoms with Gasteiger partial charge in [-0.3, -0.25) is 10.1 Å². The van der Waals surface area contributed by atoms with Crippen molar-refractivity contribution in [2.45, 2.75) is 43.4 Å². The lowest BCUT2D eigenvalue weighted by atomic mass is 9.83. The molecule has 4 rings (SSSR count). The van der Waals surface area contributed by atoms with Gasteiger partial charge < -0.3 is 29.0 Å². The molecular formula is C23H26N2O8. The van der Waals surface area contributed by atoms with Gasteiger partial charge in [0.15, 0.2) is 11.9 Å². The summed E-state index contributed by atoms with van der Waals surface area (Å²) in [5.74, 6) is -0.154. The fraction of sp³-hybridized carbons (Fsp3) is 0.435. The Bertz CT molecular complexity index is 1070. The first-order valence-corrected chi connectivity index (χ1v) is 10.4. The van der Waals surface area contributed by atoms with E-state index in [9.17, 15) is 20.0 Å². The molecule has 2 aliphatic heterocycles. The van der Waals surface area contributed by atoms with Gasteiger partial charge in [-0.25, -0.2) is 4.79 Å². The number of ether oxygens (including phenoxy) is 4. The number of benzene rings is 2. The molecular weight excluding hydrogens is 432 g/mol. The minimum atomic E-state index is -1.39. The van der Waals surface area contributed by atoms with Crippen molar-refractivity contribution in [2.24, 2.45) is 0 Å². The van der Waals surface area contributed by atoms with Crippen molar-refractivity contribution < 1.29 is 33.8 Å². The van der Waals surface area contributed by atoms with Crippen LogP contribution in [-0.4, -0.2) is 61.4 Å². The second-order valence-corrected chi connectivity index (χ2v) is 8.24. The van der Waals surface area contributed by atoms with E-state index >= 15 is 0 Å². The maximum absolute atomic E-state index is 12.8. The topological polar surface area (TPSA) is 121 Å². The molecule has 0 saturated heterocycles. The maximum atomic E-state index is 12.8. The largest absolute Gasteiger partial charge is 0.479 e. The van der Waals surface area contributed by atoms with Crippen LogP contribution in [0.25, 0.3) is 0 Å². The highest BCUT2D eigenvalue weighted by Crippen LogP contribution is 2.50. The molecule has 0 bridgehead atoms. The summed E-state index contributed by atoms with van der Waals surface area (Å²) in [6.45, 7) is 1.64. The first-order chi connectivity index (χ1) is 15.8. The quantitative estimate of drug-likeness (QED) is 0.301. The zero-order valence-corrected chi connectivity index (χ0v) is 18.8. The number of nitrogens with zero attached hydrogens (tertiary/aromatic N) is 2. The number of hydrogen-bond acceptors (Lipinski definition) is 9. The SMILES string of the molecule is COC(=O)[C@H]1Cc2ccccc2N1[C@H]1c2cc([N+](=O)[O-])ccc2O[C@](C)(C(OC)OC)[C@@H]1O. The van der Waals surface area contributed by atoms with Gasteiger partial charge in [0.1, 0.15) is 17.9 Å². The zero-order valence-electron chi connectivity index (χ0n) is 18.8. The first-order valence-electron chi connectivity index (χ1n) is 10.4. The average molecular weight is 458 g/mol. The highest BCUT2D eigenvalue weighted by Gasteiger charge is 2.56. The third kappa shape index (κ3) is 3.60. The highest BCUT2D eigenvalue weighted by atomic mass is 16.7. The lowest BCUT2D eigenvalue weighted by Crippen LogP contribution is -2.63. The Morgan fingerprint density at radius 1 is 1.24 bits per heavy atom. The van der Waals surface area contributed by atoms with Crippen LogP contribution in [0.15, 0.2) is 42.5 Å². The summed E-state index contributed by atoms with van der Waals surface area (Å²) in [7, 11) is 4.16. The van der Waals surface area contributed by atoms with Crippen LogP contribution in [0.5, 0.6) is 5.75 Å². The molecule has 0 saturated carbocycles. The van der Waals surface area contributed by atoms with Crippen LogP contribution in [-0.2, 0) is 25.4 Å². The summed E-state index contributed by atoms with van der Waals surface area (Å²) in [6.07, 6.45) is -1.89. The van der Waals surface area contributed by atoms with Crippen LogP contribution in [0.3, 0.4) is 0 Å². The van der Waals surface area contributed by atoms with Crippen LogP contribution < -0.4 is 9.64 Å². The number of para-hydroxylation sites is 1. The van der Waals surface area contributed by atoms with Crippen molar-refractivity contribution in [1.82, 2.24) is 0 Å². The number of nitro groups is 1. The van der Waals surface area contributed by atoms with Gasteiger partial charge in [0.2, 0.25) is 0 Å². The van der Waals surface area contributed by atoms with Crippen LogP contribution >= 0.6 is 0 Å². The number of hydrogen-bond donors (Lipinski definition) is 1. The van der Waals surface area contributed by atoms with Gasteiger partial charge in [-0.2, -0.15) is 0 Å². The Morgan fingerprint density at radius 2 is 1.94 bits per heavy atom. The second kappa shape index (κ2) is 8.62. The number of esters is 1. The van der Waals surface area contributed by atoms with Gasteiger partial charge in [0, 0.05) is 44.0 Å². The number of carbonyl (C=O) groups is 1. The molecule has 4 atom stereocenters. The van der Waals surface area contributed by atoms with Gasteiger partial charge in [0.25, 0.3) is 5.69 Å². The molecule has 0 radical (unpaired) electrons. The number of rotatable bonds is 6. The number of aliphatic hydroxyl groups is 1. The van der Waals surface area contributed by atoms with Crippen molar-refractivity contribution in [1.29, 1.82) is 0 Å². The molecule has 2 heterocycles. The molecule has 10 nitrogen and oxygen atoms in total. The minimum Gasteiger partial charge on any atom is -0.479 e. The van der Waals surface area contributed by atoms with E-state index in [2.05, 4.69) is 0 Å². The fourth-order valence-corrected chi connectivity index (χ4v) is 4.89. The van der Waals surface area contributed by atoms with E-state index in [1.807, 2.05) is 24.3 Å². The van der Waals surface area contributed by atoms with Crippen LogP contribution in [0, 0.1) is 10.1 Å². The minimum absolute atomic E-state index is 0.157. The van der Waals surface area contributed by atoms with E-state index in [4.69, 9.17) is 18.9 Å². The summed E-state index contributed by atoms with van der Waals surface area (Å²) in [5, 5.41) is 23.2. The van der Waals surface area contributed by atoms with E-state index in [0.29, 0.717) is 17.7 Å². The summed E-state index contributed by atoms with van der Waals surface area (Å²) >= 11 is 0. The van der Waals surface area contributed by atoms with Crippen molar-refractivity contribution in [2.75, 3.05) is 26.2 Å². The van der Waals surface area contributed by atoms with Gasteiger partial charge in [-0.15, -0.1) is 0 Å². The third-order valence-corrected chi connectivity index (χ3v) is 6.43. The van der Waals surface area contributed by atoms with E-state index in [0.717, 1.165) is 11.3 Å². The van der Waals surface area contributed by atoms with Gasteiger partial charge >= 0.3 is 5.97 Å². The first kappa shape index (κ1) is 23.0. The summed E-state index contributed by atoms with van der Waals surface area (Å²) in [4.78, 5) is 25.6. The molecule has 0 fully saturated rings. The molecule has 2 aliphatic rings. The smallest absolute Gasteiger partial charge is 0.328 e. The predicted octanol–water partition coefficient (Wildman–Crippen LogP) is 2.37. The summed E-state index contributed by atoms with van der Waals surface area (Å²) in [6, 6.07) is 10.00. The van der Waals surface area contributed by atoms with Gasteiger partial charge in [-0.05, 0) is 24.6 Å². The number of nitro benzene ring substituents is 1. The molecule has 33 heavy (non-hydrogen) atoms. The molecule has 0 aliphatic carbocycles. The fourth-order valence-electron chi connectivity index (χ4n) is 4.89. The van der Waals surface area contributed by atoms with Crippen molar-refractivity contribution in [3.05, 3.63) is 63.7 Å². The van der Waals surface area contributed by atoms with Gasteiger partial charge in [-0.1, -0.05) is 18.2 Å². The van der Waals surface area contributed by atoms with Crippen molar-refractivity contribution in [3.8, 4) is 5.75 Å². The van der Waals surface area contributed by atoms with Crippen LogP contribution in [0.4, 0.5) is 11.4 Å². The summed E-state index contributed by atoms with van der Waals surface area (Å²) < 4.78 is 22.1. The standard InChI is InChI=1S/C23H26N2O8/c1-23(22(31-3)32-4)20(26)19(15-12-14(25(28)29)9-10-18(15)33-23)24-16-8-6-5-7-13(16)11-17(24)21(27)30-2/h5-10,12,17,19-20,22,26H,11H2,1-4H3/t17-,19+,20-,23+/m1/s1. The lowest BCUT2D eigenvalue weighted by Gasteiger charge is -2.50. The molecule has 0 aromatic heterocycles. The number of methoxy groups -OCH3 is 3. The van der Waals surface area contributed by atoms with Crippen molar-refractivity contribution >= 4 is 17.3 Å². The average Bonchev–Trinajstić information content (AvgIpc) is 3.19. The highest BCUT2D eigenvalue weighted by molar-refractivity contribution is 5.84. The Labute approximate surface area is 190 Å². The Kier molecular flexibility index (Phi) is 6.00. The Morgan fingerprint density at radius 3 is 2.58 bits per heavy atom. The molecule has 176 valence electrons. The van der Waals surface area contributed by atoms with Crippen LogP contribution in [0.2, 0.25) is 0 Å². The van der Waals surface area contributed by atoms with E-state index in [1.54, 1.807) is 11.8 Å². The number of aliphatic hydroxyl groups excluding tert-OH is 1. The van der Waals surface area contributed by atoms with E-state index in [1.165, 1.54) is 39.5 Å². The second-order valence-electron chi connectivity index (χ2n) is 8.24. The van der Waals surface area contributed by atoms with Crippen LogP contribution in [0.1, 0.15) is 24.1 Å². The molecule has 10 heteroatoms. The molecule has 1 N–H and O–H groups in total. The van der Waals surface area contributed by atoms with E-state index < -0.39 is 41.0 Å². The zero-order chi connectivity index (χ0) is 23.9. The normalized spacial score (nSPS) is 25.9. The lowest BCUT2D eigenvalue weighted by molar-refractivity contribution is -0.385. The number of non-ortho nitro benzene ring substituents is 1. The maximum Gasteiger partial charge on any atom is 0.328 e. The monoisotopic (exact) mass is 458 g/mol. The Hall–Kier alpha value is -3.21. The summed E-state index contributed by atoms with van der Waals surface area (Å²) in [5.41, 5.74) is 0.455. The van der Waals surface area contributed by atoms with E-state index in [-0.39, 0.29) is 5.69 Å². The molecule has 0 spiro atoms.